The molecule has 0 aliphatic carbocycles. The van der Waals surface area contributed by atoms with Crippen LogP contribution in [0.25, 0.3) is 0 Å². The molecule has 3 heteroatoms. The van der Waals surface area contributed by atoms with Gasteiger partial charge in [0.05, 0.1) is 6.04 Å². The molecule has 1 aliphatic heterocycles. The van der Waals surface area contributed by atoms with Crippen molar-refractivity contribution in [2.45, 2.75) is 52.1 Å². The molecule has 1 aliphatic rings. The van der Waals surface area contributed by atoms with Crippen molar-refractivity contribution in [3.63, 3.8) is 0 Å². The quantitative estimate of drug-likeness (QED) is 0.884. The van der Waals surface area contributed by atoms with Crippen LogP contribution in [-0.2, 0) is 0 Å². The zero-order valence-corrected chi connectivity index (χ0v) is 14.5. The number of halogens is 1. The number of rotatable bonds is 4. The summed E-state index contributed by atoms with van der Waals surface area (Å²) in [5.41, 5.74) is 8.20. The van der Waals surface area contributed by atoms with Crippen LogP contribution < -0.4 is 5.73 Å². The molecule has 20 heavy (non-hydrogen) atoms. The second-order valence-corrected chi connectivity index (χ2v) is 7.63. The topological polar surface area (TPSA) is 29.3 Å². The Morgan fingerprint density at radius 1 is 1.35 bits per heavy atom. The van der Waals surface area contributed by atoms with Crippen molar-refractivity contribution in [2.24, 2.45) is 11.1 Å². The van der Waals surface area contributed by atoms with Crippen LogP contribution in [0.5, 0.6) is 0 Å². The molecule has 0 bridgehead atoms. The molecule has 0 saturated carbocycles. The van der Waals surface area contributed by atoms with Crippen LogP contribution in [0, 0.1) is 5.41 Å². The standard InChI is InChI=1S/C17H27BrN2/c1-4-15(19)16(13-8-5-6-9-14(13)18)20-11-7-10-17(2,3)12-20/h5-6,8-9,15-16H,4,7,10-12,19H2,1-3H3. The second-order valence-electron chi connectivity index (χ2n) is 6.78. The van der Waals surface area contributed by atoms with E-state index in [1.807, 2.05) is 0 Å². The molecule has 2 N–H and O–H groups in total. The van der Waals surface area contributed by atoms with Crippen LogP contribution in [-0.4, -0.2) is 24.0 Å². The predicted octanol–water partition coefficient (Wildman–Crippen LogP) is 4.35. The fourth-order valence-corrected chi connectivity index (χ4v) is 3.86. The molecule has 1 saturated heterocycles. The van der Waals surface area contributed by atoms with E-state index >= 15 is 0 Å². The first-order valence-electron chi connectivity index (χ1n) is 7.68. The molecule has 2 rings (SSSR count). The third-order valence-electron chi connectivity index (χ3n) is 4.42. The fourth-order valence-electron chi connectivity index (χ4n) is 3.34. The molecule has 0 amide bonds. The number of hydrogen-bond acceptors (Lipinski definition) is 2. The summed E-state index contributed by atoms with van der Waals surface area (Å²) in [6, 6.07) is 9.02. The van der Waals surface area contributed by atoms with E-state index in [1.54, 1.807) is 0 Å². The Labute approximate surface area is 131 Å². The molecule has 2 nitrogen and oxygen atoms in total. The maximum Gasteiger partial charge on any atom is 0.0510 e. The monoisotopic (exact) mass is 338 g/mol. The van der Waals surface area contributed by atoms with Crippen molar-refractivity contribution in [2.75, 3.05) is 13.1 Å². The summed E-state index contributed by atoms with van der Waals surface area (Å²) in [5.74, 6) is 0. The zero-order chi connectivity index (χ0) is 14.8. The highest BCUT2D eigenvalue weighted by Crippen LogP contribution is 2.37. The van der Waals surface area contributed by atoms with Crippen molar-refractivity contribution in [3.8, 4) is 0 Å². The van der Waals surface area contributed by atoms with Crippen molar-refractivity contribution in [3.05, 3.63) is 34.3 Å². The first kappa shape index (κ1) is 16.0. The summed E-state index contributed by atoms with van der Waals surface area (Å²) in [4.78, 5) is 2.60. The maximum atomic E-state index is 6.48. The predicted molar refractivity (Wildman–Crippen MR) is 89.7 cm³/mol. The van der Waals surface area contributed by atoms with Gasteiger partial charge in [-0.25, -0.2) is 0 Å². The molecule has 0 radical (unpaired) electrons. The number of nitrogens with zero attached hydrogens (tertiary/aromatic N) is 1. The molecular weight excluding hydrogens is 312 g/mol. The summed E-state index contributed by atoms with van der Waals surface area (Å²) in [5, 5.41) is 0. The van der Waals surface area contributed by atoms with Crippen molar-refractivity contribution < 1.29 is 0 Å². The van der Waals surface area contributed by atoms with Gasteiger partial charge in [-0.1, -0.05) is 54.9 Å². The van der Waals surface area contributed by atoms with Gasteiger partial charge >= 0.3 is 0 Å². The van der Waals surface area contributed by atoms with Crippen LogP contribution >= 0.6 is 15.9 Å². The number of benzene rings is 1. The van der Waals surface area contributed by atoms with E-state index in [9.17, 15) is 0 Å². The molecular formula is C17H27BrN2. The lowest BCUT2D eigenvalue weighted by atomic mass is 9.82. The summed E-state index contributed by atoms with van der Waals surface area (Å²) in [6.07, 6.45) is 3.58. The molecule has 0 aromatic heterocycles. The van der Waals surface area contributed by atoms with Crippen LogP contribution in [0.2, 0.25) is 0 Å². The second kappa shape index (κ2) is 6.59. The average molecular weight is 339 g/mol. The van der Waals surface area contributed by atoms with Gasteiger partial charge in [0.2, 0.25) is 0 Å². The van der Waals surface area contributed by atoms with E-state index in [-0.39, 0.29) is 6.04 Å². The smallest absolute Gasteiger partial charge is 0.0510 e. The minimum absolute atomic E-state index is 0.183. The van der Waals surface area contributed by atoms with E-state index in [2.05, 4.69) is 65.9 Å². The summed E-state index contributed by atoms with van der Waals surface area (Å²) < 4.78 is 1.18. The van der Waals surface area contributed by atoms with Gasteiger partial charge in [0, 0.05) is 17.1 Å². The molecule has 1 aromatic rings. The third kappa shape index (κ3) is 3.63. The number of hydrogen-bond donors (Lipinski definition) is 1. The van der Waals surface area contributed by atoms with Gasteiger partial charge in [-0.2, -0.15) is 0 Å². The number of likely N-dealkylation sites (tertiary alicyclic amines) is 1. The first-order chi connectivity index (χ1) is 9.44. The number of nitrogens with two attached hydrogens (primary N) is 1. The molecule has 1 aromatic carbocycles. The lowest BCUT2D eigenvalue weighted by Gasteiger charge is -2.44. The Morgan fingerprint density at radius 3 is 2.65 bits per heavy atom. The number of piperidine rings is 1. The van der Waals surface area contributed by atoms with E-state index in [0.717, 1.165) is 19.5 Å². The van der Waals surface area contributed by atoms with Gasteiger partial charge in [-0.05, 0) is 42.9 Å². The molecule has 1 fully saturated rings. The molecule has 2 atom stereocenters. The van der Waals surface area contributed by atoms with Gasteiger partial charge < -0.3 is 5.73 Å². The van der Waals surface area contributed by atoms with Gasteiger partial charge in [0.25, 0.3) is 0 Å². The zero-order valence-electron chi connectivity index (χ0n) is 12.9. The normalized spacial score (nSPS) is 22.4. The van der Waals surface area contributed by atoms with E-state index < -0.39 is 0 Å². The van der Waals surface area contributed by atoms with Gasteiger partial charge in [0.15, 0.2) is 0 Å². The maximum absolute atomic E-state index is 6.48. The van der Waals surface area contributed by atoms with Crippen LogP contribution in [0.4, 0.5) is 0 Å². The lowest BCUT2D eigenvalue weighted by molar-refractivity contribution is 0.0654. The first-order valence-corrected chi connectivity index (χ1v) is 8.48. The van der Waals surface area contributed by atoms with Gasteiger partial charge in [-0.15, -0.1) is 0 Å². The van der Waals surface area contributed by atoms with E-state index in [4.69, 9.17) is 5.73 Å². The Kier molecular flexibility index (Phi) is 5.27. The third-order valence-corrected chi connectivity index (χ3v) is 5.15. The SMILES string of the molecule is CCC(N)C(c1ccccc1Br)N1CCCC(C)(C)C1. The summed E-state index contributed by atoms with van der Waals surface area (Å²) >= 11 is 3.71. The Balaban J connectivity index is 2.31. The van der Waals surface area contributed by atoms with Crippen molar-refractivity contribution in [1.29, 1.82) is 0 Å². The minimum atomic E-state index is 0.183. The van der Waals surface area contributed by atoms with Crippen LogP contribution in [0.1, 0.15) is 51.6 Å². The largest absolute Gasteiger partial charge is 0.326 e. The van der Waals surface area contributed by atoms with Gasteiger partial charge in [0.1, 0.15) is 0 Å². The highest BCUT2D eigenvalue weighted by molar-refractivity contribution is 9.10. The van der Waals surface area contributed by atoms with Crippen LogP contribution in [0.15, 0.2) is 28.7 Å². The fraction of sp³-hybridized carbons (Fsp3) is 0.647. The van der Waals surface area contributed by atoms with E-state index in [0.29, 0.717) is 11.5 Å². The molecule has 112 valence electrons. The highest BCUT2D eigenvalue weighted by atomic mass is 79.9. The van der Waals surface area contributed by atoms with Crippen molar-refractivity contribution >= 4 is 15.9 Å². The molecule has 1 heterocycles. The summed E-state index contributed by atoms with van der Waals surface area (Å²) in [6.45, 7) is 9.21. The lowest BCUT2D eigenvalue weighted by Crippen LogP contribution is -2.48. The highest BCUT2D eigenvalue weighted by Gasteiger charge is 2.34. The van der Waals surface area contributed by atoms with Crippen LogP contribution in [0.3, 0.4) is 0 Å². The minimum Gasteiger partial charge on any atom is -0.326 e. The molecule has 2 unspecified atom stereocenters. The summed E-state index contributed by atoms with van der Waals surface area (Å²) in [7, 11) is 0. The van der Waals surface area contributed by atoms with E-state index in [1.165, 1.54) is 22.9 Å². The average Bonchev–Trinajstić information content (AvgIpc) is 2.40. The Morgan fingerprint density at radius 2 is 2.05 bits per heavy atom. The Hall–Kier alpha value is -0.380. The van der Waals surface area contributed by atoms with Gasteiger partial charge in [-0.3, -0.25) is 4.90 Å². The van der Waals surface area contributed by atoms with Crippen molar-refractivity contribution in [1.82, 2.24) is 4.90 Å². The molecule has 0 spiro atoms. The Bertz CT molecular complexity index is 444.